The van der Waals surface area contributed by atoms with Gasteiger partial charge in [0.1, 0.15) is 5.69 Å². The molecule has 2 aromatic heterocycles. The van der Waals surface area contributed by atoms with Crippen LogP contribution in [0.5, 0.6) is 5.88 Å². The molecule has 1 aliphatic carbocycles. The number of rotatable bonds is 4. The predicted molar refractivity (Wildman–Crippen MR) is 89.1 cm³/mol. The van der Waals surface area contributed by atoms with Crippen molar-refractivity contribution in [3.05, 3.63) is 48.7 Å². The van der Waals surface area contributed by atoms with Crippen molar-refractivity contribution in [2.75, 3.05) is 19.8 Å². The summed E-state index contributed by atoms with van der Waals surface area (Å²) < 4.78 is 11.7. The minimum absolute atomic E-state index is 0.0618. The highest BCUT2D eigenvalue weighted by atomic mass is 16.5. The topological polar surface area (TPSA) is 77.4 Å². The molecule has 3 atom stereocenters. The number of ether oxygens (including phenoxy) is 2. The molecule has 4 rings (SSSR count). The van der Waals surface area contributed by atoms with E-state index in [1.54, 1.807) is 18.6 Å². The summed E-state index contributed by atoms with van der Waals surface area (Å²) in [6, 6.07) is 5.69. The van der Waals surface area contributed by atoms with Crippen molar-refractivity contribution in [2.24, 2.45) is 5.92 Å². The van der Waals surface area contributed by atoms with Crippen LogP contribution in [0.3, 0.4) is 0 Å². The average molecular weight is 340 g/mol. The molecule has 1 amide bonds. The highest BCUT2D eigenvalue weighted by Crippen LogP contribution is 2.35. The molecule has 0 spiro atoms. The second-order valence-corrected chi connectivity index (χ2v) is 6.38. The molecule has 1 aliphatic heterocycles. The van der Waals surface area contributed by atoms with Gasteiger partial charge in [0.25, 0.3) is 5.91 Å². The number of hydrogen-bond donors (Lipinski definition) is 0. The van der Waals surface area contributed by atoms with Gasteiger partial charge in [-0.3, -0.25) is 9.78 Å². The summed E-state index contributed by atoms with van der Waals surface area (Å²) in [6.07, 6.45) is 8.16. The highest BCUT2D eigenvalue weighted by molar-refractivity contribution is 5.92. The summed E-state index contributed by atoms with van der Waals surface area (Å²) in [5.41, 5.74) is 0.385. The third-order valence-corrected chi connectivity index (χ3v) is 4.78. The Morgan fingerprint density at radius 1 is 1.24 bits per heavy atom. The molecule has 0 unspecified atom stereocenters. The number of hydrogen-bond acceptors (Lipinski definition) is 6. The van der Waals surface area contributed by atoms with Crippen LogP contribution in [0, 0.1) is 5.92 Å². The molecule has 7 heteroatoms. The second-order valence-electron chi connectivity index (χ2n) is 6.38. The molecule has 130 valence electrons. The van der Waals surface area contributed by atoms with Gasteiger partial charge in [-0.15, -0.1) is 0 Å². The minimum Gasteiger partial charge on any atom is -0.477 e. The SMILES string of the molecule is O=C(c1cnccn1)N1CCO[C@H]2C[C@@H](COc3ccccn3)C[C@@H]21. The maximum atomic E-state index is 12.8. The van der Waals surface area contributed by atoms with E-state index in [-0.39, 0.29) is 18.1 Å². The number of morpholine rings is 1. The molecule has 3 heterocycles. The van der Waals surface area contributed by atoms with Crippen molar-refractivity contribution in [1.82, 2.24) is 19.9 Å². The van der Waals surface area contributed by atoms with Crippen LogP contribution in [-0.4, -0.2) is 57.7 Å². The van der Waals surface area contributed by atoms with Crippen molar-refractivity contribution >= 4 is 5.91 Å². The number of fused-ring (bicyclic) bond motifs is 1. The van der Waals surface area contributed by atoms with Gasteiger partial charge < -0.3 is 14.4 Å². The Bertz CT molecular complexity index is 713. The Balaban J connectivity index is 1.41. The first kappa shape index (κ1) is 16.0. The van der Waals surface area contributed by atoms with Gasteiger partial charge in [0.15, 0.2) is 0 Å². The summed E-state index contributed by atoms with van der Waals surface area (Å²) in [5, 5.41) is 0. The highest BCUT2D eigenvalue weighted by Gasteiger charge is 2.43. The number of carbonyl (C=O) groups is 1. The van der Waals surface area contributed by atoms with Crippen molar-refractivity contribution in [3.63, 3.8) is 0 Å². The molecule has 7 nitrogen and oxygen atoms in total. The van der Waals surface area contributed by atoms with E-state index < -0.39 is 0 Å². The molecule has 0 bridgehead atoms. The average Bonchev–Trinajstić information content (AvgIpc) is 3.10. The van der Waals surface area contributed by atoms with Gasteiger partial charge in [0.2, 0.25) is 5.88 Å². The largest absolute Gasteiger partial charge is 0.477 e. The maximum Gasteiger partial charge on any atom is 0.274 e. The number of nitrogens with zero attached hydrogens (tertiary/aromatic N) is 4. The zero-order chi connectivity index (χ0) is 17.1. The zero-order valence-electron chi connectivity index (χ0n) is 13.8. The van der Waals surface area contributed by atoms with Crippen LogP contribution in [-0.2, 0) is 4.74 Å². The lowest BCUT2D eigenvalue weighted by Gasteiger charge is -2.37. The Morgan fingerprint density at radius 3 is 3.00 bits per heavy atom. The third kappa shape index (κ3) is 3.46. The van der Waals surface area contributed by atoms with E-state index in [1.807, 2.05) is 23.1 Å². The van der Waals surface area contributed by atoms with Crippen LogP contribution >= 0.6 is 0 Å². The number of aromatic nitrogens is 3. The lowest BCUT2D eigenvalue weighted by atomic mass is 10.1. The first-order chi connectivity index (χ1) is 12.3. The fraction of sp³-hybridized carbons (Fsp3) is 0.444. The lowest BCUT2D eigenvalue weighted by molar-refractivity contribution is -0.0450. The first-order valence-corrected chi connectivity index (χ1v) is 8.53. The van der Waals surface area contributed by atoms with Crippen LogP contribution in [0.25, 0.3) is 0 Å². The molecule has 2 fully saturated rings. The van der Waals surface area contributed by atoms with Gasteiger partial charge in [-0.1, -0.05) is 6.07 Å². The predicted octanol–water partition coefficient (Wildman–Crippen LogP) is 1.57. The number of carbonyl (C=O) groups excluding carboxylic acids is 1. The van der Waals surface area contributed by atoms with Gasteiger partial charge in [0.05, 0.1) is 31.6 Å². The van der Waals surface area contributed by atoms with E-state index in [1.165, 1.54) is 6.20 Å². The van der Waals surface area contributed by atoms with Crippen molar-refractivity contribution in [1.29, 1.82) is 0 Å². The first-order valence-electron chi connectivity index (χ1n) is 8.53. The lowest BCUT2D eigenvalue weighted by Crippen LogP contribution is -2.51. The fourth-order valence-electron chi connectivity index (χ4n) is 3.63. The van der Waals surface area contributed by atoms with Crippen LogP contribution in [0.15, 0.2) is 43.0 Å². The minimum atomic E-state index is -0.0716. The molecule has 0 aromatic carbocycles. The van der Waals surface area contributed by atoms with Crippen LogP contribution < -0.4 is 4.74 Å². The van der Waals surface area contributed by atoms with E-state index in [4.69, 9.17) is 9.47 Å². The number of pyridine rings is 1. The van der Waals surface area contributed by atoms with E-state index >= 15 is 0 Å². The summed E-state index contributed by atoms with van der Waals surface area (Å²) in [4.78, 5) is 27.0. The van der Waals surface area contributed by atoms with Gasteiger partial charge >= 0.3 is 0 Å². The smallest absolute Gasteiger partial charge is 0.274 e. The van der Waals surface area contributed by atoms with E-state index in [2.05, 4.69) is 15.0 Å². The van der Waals surface area contributed by atoms with Crippen LogP contribution in [0.4, 0.5) is 0 Å². The Morgan fingerprint density at radius 2 is 2.20 bits per heavy atom. The van der Waals surface area contributed by atoms with E-state index in [9.17, 15) is 4.79 Å². The van der Waals surface area contributed by atoms with Gasteiger partial charge in [-0.25, -0.2) is 9.97 Å². The summed E-state index contributed by atoms with van der Waals surface area (Å²) >= 11 is 0. The normalized spacial score (nSPS) is 25.4. The third-order valence-electron chi connectivity index (χ3n) is 4.78. The Kier molecular flexibility index (Phi) is 4.56. The van der Waals surface area contributed by atoms with Gasteiger partial charge in [-0.05, 0) is 24.8 Å². The molecular weight excluding hydrogens is 320 g/mol. The summed E-state index contributed by atoms with van der Waals surface area (Å²) in [6.45, 7) is 1.73. The van der Waals surface area contributed by atoms with Crippen LogP contribution in [0.1, 0.15) is 23.3 Å². The quantitative estimate of drug-likeness (QED) is 0.841. The summed E-state index contributed by atoms with van der Waals surface area (Å²) in [7, 11) is 0. The van der Waals surface area contributed by atoms with E-state index in [0.29, 0.717) is 37.3 Å². The van der Waals surface area contributed by atoms with Gasteiger partial charge in [-0.2, -0.15) is 0 Å². The van der Waals surface area contributed by atoms with Crippen molar-refractivity contribution < 1.29 is 14.3 Å². The van der Waals surface area contributed by atoms with E-state index in [0.717, 1.165) is 12.8 Å². The molecular formula is C18H20N4O3. The molecule has 1 saturated carbocycles. The number of amides is 1. The van der Waals surface area contributed by atoms with Crippen molar-refractivity contribution in [3.8, 4) is 5.88 Å². The van der Waals surface area contributed by atoms with Gasteiger partial charge in [0, 0.05) is 31.2 Å². The maximum absolute atomic E-state index is 12.8. The second kappa shape index (κ2) is 7.14. The molecule has 2 aromatic rings. The standard InChI is InChI=1S/C18H20N4O3/c23-18(14-11-19-5-6-20-14)22-7-8-24-16-10-13(9-15(16)22)12-25-17-3-1-2-4-21-17/h1-6,11,13,15-16H,7-10,12H2/t13-,15-,16-/m0/s1. The molecule has 25 heavy (non-hydrogen) atoms. The molecule has 0 N–H and O–H groups in total. The molecule has 2 aliphatic rings. The van der Waals surface area contributed by atoms with Crippen LogP contribution in [0.2, 0.25) is 0 Å². The summed E-state index contributed by atoms with van der Waals surface area (Å²) in [5.74, 6) is 0.899. The Labute approximate surface area is 146 Å². The van der Waals surface area contributed by atoms with Crippen molar-refractivity contribution in [2.45, 2.75) is 25.0 Å². The fourth-order valence-corrected chi connectivity index (χ4v) is 3.63. The Hall–Kier alpha value is -2.54. The zero-order valence-corrected chi connectivity index (χ0v) is 13.8. The molecule has 0 radical (unpaired) electrons. The molecule has 1 saturated heterocycles. The monoisotopic (exact) mass is 340 g/mol.